The van der Waals surface area contributed by atoms with Crippen LogP contribution in [-0.2, 0) is 4.74 Å². The summed E-state index contributed by atoms with van der Waals surface area (Å²) >= 11 is 0. The Morgan fingerprint density at radius 1 is 1.50 bits per heavy atom. The summed E-state index contributed by atoms with van der Waals surface area (Å²) in [5, 5.41) is 0. The number of hydrogen-bond acceptors (Lipinski definition) is 4. The van der Waals surface area contributed by atoms with Gasteiger partial charge in [-0.1, -0.05) is 0 Å². The monoisotopic (exact) mass is 193 g/mol. The van der Waals surface area contributed by atoms with Gasteiger partial charge in [0.25, 0.3) is 0 Å². The molecule has 0 fully saturated rings. The van der Waals surface area contributed by atoms with Crippen LogP contribution in [0, 0.1) is 6.92 Å². The van der Waals surface area contributed by atoms with Crippen molar-refractivity contribution in [3.63, 3.8) is 0 Å². The summed E-state index contributed by atoms with van der Waals surface area (Å²) in [4.78, 5) is 21.8. The third kappa shape index (κ3) is 1.74. The van der Waals surface area contributed by atoms with Crippen molar-refractivity contribution in [2.45, 2.75) is 6.92 Å². The molecule has 0 atom stereocenters. The van der Waals surface area contributed by atoms with Crippen LogP contribution in [0.4, 0.5) is 5.69 Å². The van der Waals surface area contributed by atoms with Crippen LogP contribution in [0.2, 0.25) is 0 Å². The highest BCUT2D eigenvalue weighted by Crippen LogP contribution is 2.18. The second-order valence-electron chi connectivity index (χ2n) is 2.89. The molecule has 2 N–H and O–H groups in total. The summed E-state index contributed by atoms with van der Waals surface area (Å²) in [7, 11) is 1.28. The van der Waals surface area contributed by atoms with Gasteiger partial charge in [-0.05, 0) is 24.6 Å². The van der Waals surface area contributed by atoms with E-state index in [1.54, 1.807) is 6.92 Å². The highest BCUT2D eigenvalue weighted by Gasteiger charge is 2.10. The van der Waals surface area contributed by atoms with Crippen molar-refractivity contribution < 1.29 is 14.3 Å². The molecule has 0 spiro atoms. The van der Waals surface area contributed by atoms with Crippen LogP contribution in [0.5, 0.6) is 0 Å². The Labute approximate surface area is 81.7 Å². The van der Waals surface area contributed by atoms with Gasteiger partial charge in [-0.2, -0.15) is 0 Å². The lowest BCUT2D eigenvalue weighted by molar-refractivity contribution is 0.0601. The van der Waals surface area contributed by atoms with Gasteiger partial charge in [0.15, 0.2) is 0 Å². The second kappa shape index (κ2) is 3.91. The van der Waals surface area contributed by atoms with E-state index in [9.17, 15) is 9.59 Å². The molecule has 0 heterocycles. The van der Waals surface area contributed by atoms with Gasteiger partial charge in [0, 0.05) is 11.3 Å². The number of rotatable bonds is 2. The summed E-state index contributed by atoms with van der Waals surface area (Å²) in [6.07, 6.45) is 0.665. The fourth-order valence-corrected chi connectivity index (χ4v) is 1.12. The Morgan fingerprint density at radius 3 is 2.64 bits per heavy atom. The SMILES string of the molecule is COC(=O)c1cc(N)c(C)c(C=O)c1. The van der Waals surface area contributed by atoms with Crippen molar-refractivity contribution in [1.82, 2.24) is 0 Å². The number of nitrogen functional groups attached to an aromatic ring is 1. The normalized spacial score (nSPS) is 9.57. The summed E-state index contributed by atoms with van der Waals surface area (Å²) in [6.45, 7) is 1.72. The van der Waals surface area contributed by atoms with Gasteiger partial charge in [0.05, 0.1) is 12.7 Å². The van der Waals surface area contributed by atoms with E-state index in [2.05, 4.69) is 4.74 Å². The van der Waals surface area contributed by atoms with Crippen molar-refractivity contribution in [3.8, 4) is 0 Å². The fourth-order valence-electron chi connectivity index (χ4n) is 1.12. The molecule has 0 bridgehead atoms. The van der Waals surface area contributed by atoms with Crippen LogP contribution in [-0.4, -0.2) is 19.4 Å². The van der Waals surface area contributed by atoms with E-state index < -0.39 is 5.97 Å². The predicted octanol–water partition coefficient (Wildman–Crippen LogP) is 1.18. The number of ether oxygens (including phenoxy) is 1. The Morgan fingerprint density at radius 2 is 2.14 bits per heavy atom. The molecule has 0 aliphatic heterocycles. The van der Waals surface area contributed by atoms with Gasteiger partial charge in [-0.15, -0.1) is 0 Å². The standard InChI is InChI=1S/C10H11NO3/c1-6-8(5-12)3-7(4-9(6)11)10(13)14-2/h3-5H,11H2,1-2H3. The van der Waals surface area contributed by atoms with Crippen LogP contribution in [0.15, 0.2) is 12.1 Å². The van der Waals surface area contributed by atoms with Gasteiger partial charge in [0.1, 0.15) is 6.29 Å². The lowest BCUT2D eigenvalue weighted by atomic mass is 10.0. The molecular weight excluding hydrogens is 182 g/mol. The zero-order valence-electron chi connectivity index (χ0n) is 8.03. The van der Waals surface area contributed by atoms with E-state index in [0.29, 0.717) is 23.1 Å². The molecule has 1 aromatic rings. The zero-order valence-corrected chi connectivity index (χ0v) is 8.03. The Bertz CT molecular complexity index is 385. The van der Waals surface area contributed by atoms with E-state index >= 15 is 0 Å². The van der Waals surface area contributed by atoms with E-state index in [0.717, 1.165) is 0 Å². The van der Waals surface area contributed by atoms with E-state index in [-0.39, 0.29) is 5.56 Å². The van der Waals surface area contributed by atoms with E-state index in [4.69, 9.17) is 5.73 Å². The largest absolute Gasteiger partial charge is 0.465 e. The maximum atomic E-state index is 11.2. The van der Waals surface area contributed by atoms with Gasteiger partial charge in [0.2, 0.25) is 0 Å². The minimum Gasteiger partial charge on any atom is -0.465 e. The molecule has 0 radical (unpaired) electrons. The molecule has 0 unspecified atom stereocenters. The highest BCUT2D eigenvalue weighted by molar-refractivity contribution is 5.94. The van der Waals surface area contributed by atoms with Gasteiger partial charge >= 0.3 is 5.97 Å². The van der Waals surface area contributed by atoms with E-state index in [1.807, 2.05) is 0 Å². The number of hydrogen-bond donors (Lipinski definition) is 1. The molecule has 4 heteroatoms. The van der Waals surface area contributed by atoms with E-state index in [1.165, 1.54) is 19.2 Å². The number of anilines is 1. The highest BCUT2D eigenvalue weighted by atomic mass is 16.5. The van der Waals surface area contributed by atoms with Crippen molar-refractivity contribution in [3.05, 3.63) is 28.8 Å². The maximum Gasteiger partial charge on any atom is 0.337 e. The second-order valence-corrected chi connectivity index (χ2v) is 2.89. The Hall–Kier alpha value is -1.84. The molecule has 0 amide bonds. The number of aldehydes is 1. The van der Waals surface area contributed by atoms with Gasteiger partial charge in [-0.3, -0.25) is 4.79 Å². The summed E-state index contributed by atoms with van der Waals surface area (Å²) in [5.74, 6) is -0.500. The van der Waals surface area contributed by atoms with Gasteiger partial charge in [-0.25, -0.2) is 4.79 Å². The number of methoxy groups -OCH3 is 1. The van der Waals surface area contributed by atoms with Crippen LogP contribution in [0.25, 0.3) is 0 Å². The molecule has 1 rings (SSSR count). The number of esters is 1. The topological polar surface area (TPSA) is 69.4 Å². The predicted molar refractivity (Wildman–Crippen MR) is 52.3 cm³/mol. The minimum absolute atomic E-state index is 0.290. The summed E-state index contributed by atoms with van der Waals surface area (Å²) < 4.78 is 4.52. The molecule has 4 nitrogen and oxygen atoms in total. The summed E-state index contributed by atoms with van der Waals surface area (Å²) in [6, 6.07) is 2.96. The Balaban J connectivity index is 3.29. The maximum absolute atomic E-state index is 11.2. The number of benzene rings is 1. The van der Waals surface area contributed by atoms with Crippen LogP contribution < -0.4 is 5.73 Å². The van der Waals surface area contributed by atoms with Crippen molar-refractivity contribution in [2.75, 3.05) is 12.8 Å². The van der Waals surface area contributed by atoms with Gasteiger partial charge < -0.3 is 10.5 Å². The molecular formula is C10H11NO3. The molecule has 14 heavy (non-hydrogen) atoms. The molecule has 0 saturated carbocycles. The first-order chi connectivity index (χ1) is 6.60. The summed E-state index contributed by atoms with van der Waals surface area (Å²) in [5.41, 5.74) is 7.41. The quantitative estimate of drug-likeness (QED) is 0.435. The third-order valence-electron chi connectivity index (χ3n) is 2.04. The number of carbonyl (C=O) groups excluding carboxylic acids is 2. The molecule has 1 aromatic carbocycles. The fraction of sp³-hybridized carbons (Fsp3) is 0.200. The number of nitrogens with two attached hydrogens (primary N) is 1. The van der Waals surface area contributed by atoms with Crippen LogP contribution in [0.3, 0.4) is 0 Å². The first-order valence-electron chi connectivity index (χ1n) is 4.03. The lowest BCUT2D eigenvalue weighted by Gasteiger charge is -2.06. The number of carbonyl (C=O) groups is 2. The minimum atomic E-state index is -0.500. The molecule has 0 aliphatic rings. The van der Waals surface area contributed by atoms with Crippen LogP contribution in [0.1, 0.15) is 26.3 Å². The first kappa shape index (κ1) is 10.2. The first-order valence-corrected chi connectivity index (χ1v) is 4.03. The molecule has 0 saturated heterocycles. The average molecular weight is 193 g/mol. The smallest absolute Gasteiger partial charge is 0.337 e. The van der Waals surface area contributed by atoms with Crippen molar-refractivity contribution in [1.29, 1.82) is 0 Å². The Kier molecular flexibility index (Phi) is 2.86. The molecule has 0 aliphatic carbocycles. The molecule has 0 aromatic heterocycles. The average Bonchev–Trinajstić information content (AvgIpc) is 2.20. The molecule has 74 valence electrons. The van der Waals surface area contributed by atoms with Crippen molar-refractivity contribution in [2.24, 2.45) is 0 Å². The van der Waals surface area contributed by atoms with Crippen molar-refractivity contribution >= 4 is 17.9 Å². The van der Waals surface area contributed by atoms with Crippen LogP contribution >= 0.6 is 0 Å². The third-order valence-corrected chi connectivity index (χ3v) is 2.04. The zero-order chi connectivity index (χ0) is 10.7. The lowest BCUT2D eigenvalue weighted by Crippen LogP contribution is -2.05.